The van der Waals surface area contributed by atoms with Crippen molar-refractivity contribution >= 4 is 23.4 Å². The van der Waals surface area contributed by atoms with Gasteiger partial charge in [0.2, 0.25) is 11.8 Å². The Kier molecular flexibility index (Phi) is 5.07. The summed E-state index contributed by atoms with van der Waals surface area (Å²) < 4.78 is 0. The van der Waals surface area contributed by atoms with Gasteiger partial charge in [-0.3, -0.25) is 24.6 Å². The Labute approximate surface area is 169 Å². The molecule has 7 nitrogen and oxygen atoms in total. The van der Waals surface area contributed by atoms with Crippen LogP contribution in [-0.4, -0.2) is 40.6 Å². The average Bonchev–Trinajstić information content (AvgIpc) is 3.01. The Bertz CT molecular complexity index is 988. The fraction of sp³-hybridized carbons (Fsp3) is 0.318. The standard InChI is InChI=1S/C22H24N4O3/c1-25(11-14-5-2-3-8-17(14)23)12-15-6-4-7-16-13-26(22(29)20(15)16)18-9-10-19(27)24-21(18)28/h2-8,18H,9-13,23H2,1H3,(H,24,27,28). The van der Waals surface area contributed by atoms with Gasteiger partial charge in [-0.05, 0) is 36.2 Å². The second-order valence-corrected chi connectivity index (χ2v) is 7.72. The van der Waals surface area contributed by atoms with Crippen molar-refractivity contribution in [1.29, 1.82) is 0 Å². The van der Waals surface area contributed by atoms with Gasteiger partial charge in [-0.2, -0.15) is 0 Å². The molecule has 0 spiro atoms. The Morgan fingerprint density at radius 3 is 2.55 bits per heavy atom. The SMILES string of the molecule is CN(Cc1ccccc1N)Cc1cccc2c1C(=O)N(C1CCC(=O)NC1=O)C2. The maximum absolute atomic E-state index is 13.2. The molecule has 7 heteroatoms. The summed E-state index contributed by atoms with van der Waals surface area (Å²) in [7, 11) is 1.99. The molecule has 1 fully saturated rings. The molecule has 3 N–H and O–H groups in total. The lowest BCUT2D eigenvalue weighted by Gasteiger charge is -2.29. The monoisotopic (exact) mass is 392 g/mol. The molecule has 2 aliphatic rings. The van der Waals surface area contributed by atoms with Crippen molar-refractivity contribution in [2.24, 2.45) is 0 Å². The van der Waals surface area contributed by atoms with Gasteiger partial charge in [0.05, 0.1) is 0 Å². The molecule has 0 saturated carbocycles. The van der Waals surface area contributed by atoms with E-state index in [0.717, 1.165) is 22.4 Å². The van der Waals surface area contributed by atoms with Crippen molar-refractivity contribution in [3.63, 3.8) is 0 Å². The number of carbonyl (C=O) groups excluding carboxylic acids is 3. The molecule has 0 aliphatic carbocycles. The fourth-order valence-corrected chi connectivity index (χ4v) is 4.14. The zero-order valence-corrected chi connectivity index (χ0v) is 16.4. The van der Waals surface area contributed by atoms with Gasteiger partial charge >= 0.3 is 0 Å². The zero-order chi connectivity index (χ0) is 20.5. The molecule has 1 unspecified atom stereocenters. The fourth-order valence-electron chi connectivity index (χ4n) is 4.14. The first kappa shape index (κ1) is 19.1. The minimum absolute atomic E-state index is 0.141. The van der Waals surface area contributed by atoms with Crippen molar-refractivity contribution < 1.29 is 14.4 Å². The molecule has 2 aromatic carbocycles. The molecular weight excluding hydrogens is 368 g/mol. The van der Waals surface area contributed by atoms with E-state index in [1.54, 1.807) is 4.90 Å². The van der Waals surface area contributed by atoms with Crippen molar-refractivity contribution in [3.8, 4) is 0 Å². The van der Waals surface area contributed by atoms with E-state index in [2.05, 4.69) is 10.2 Å². The summed E-state index contributed by atoms with van der Waals surface area (Å²) in [6.07, 6.45) is 0.623. The number of hydrogen-bond donors (Lipinski definition) is 2. The maximum Gasteiger partial charge on any atom is 0.255 e. The van der Waals surface area contributed by atoms with Crippen LogP contribution in [0.25, 0.3) is 0 Å². The summed E-state index contributed by atoms with van der Waals surface area (Å²) in [5.41, 5.74) is 10.4. The maximum atomic E-state index is 13.2. The number of imide groups is 1. The van der Waals surface area contributed by atoms with Crippen LogP contribution in [0.2, 0.25) is 0 Å². The van der Waals surface area contributed by atoms with E-state index < -0.39 is 6.04 Å². The van der Waals surface area contributed by atoms with Gasteiger partial charge in [0.1, 0.15) is 6.04 Å². The highest BCUT2D eigenvalue weighted by Gasteiger charge is 2.39. The number of nitrogens with two attached hydrogens (primary N) is 1. The molecule has 2 aromatic rings. The van der Waals surface area contributed by atoms with E-state index in [1.165, 1.54) is 0 Å². The van der Waals surface area contributed by atoms with E-state index in [9.17, 15) is 14.4 Å². The van der Waals surface area contributed by atoms with E-state index in [4.69, 9.17) is 5.73 Å². The number of nitrogens with one attached hydrogen (secondary N) is 1. The van der Waals surface area contributed by atoms with Crippen LogP contribution < -0.4 is 11.1 Å². The first-order valence-electron chi connectivity index (χ1n) is 9.71. The second-order valence-electron chi connectivity index (χ2n) is 7.72. The number of fused-ring (bicyclic) bond motifs is 1. The highest BCUT2D eigenvalue weighted by atomic mass is 16.2. The lowest BCUT2D eigenvalue weighted by atomic mass is 10.0. The number of carbonyl (C=O) groups is 3. The summed E-state index contributed by atoms with van der Waals surface area (Å²) in [5, 5.41) is 2.34. The molecular formula is C22H24N4O3. The van der Waals surface area contributed by atoms with Crippen LogP contribution in [0.5, 0.6) is 0 Å². The van der Waals surface area contributed by atoms with Gasteiger partial charge in [0.25, 0.3) is 5.91 Å². The van der Waals surface area contributed by atoms with Crippen molar-refractivity contribution in [1.82, 2.24) is 15.1 Å². The first-order valence-corrected chi connectivity index (χ1v) is 9.71. The molecule has 2 heterocycles. The molecule has 4 rings (SSSR count). The molecule has 150 valence electrons. The Balaban J connectivity index is 1.52. The highest BCUT2D eigenvalue weighted by Crippen LogP contribution is 2.30. The highest BCUT2D eigenvalue weighted by molar-refractivity contribution is 6.05. The van der Waals surface area contributed by atoms with Crippen LogP contribution in [0.3, 0.4) is 0 Å². The molecule has 2 aliphatic heterocycles. The Morgan fingerprint density at radius 1 is 1.07 bits per heavy atom. The van der Waals surface area contributed by atoms with Crippen LogP contribution in [0.15, 0.2) is 42.5 Å². The van der Waals surface area contributed by atoms with E-state index in [-0.39, 0.29) is 24.1 Å². The third-order valence-electron chi connectivity index (χ3n) is 5.57. The van der Waals surface area contributed by atoms with Crippen LogP contribution >= 0.6 is 0 Å². The summed E-state index contributed by atoms with van der Waals surface area (Å²) in [4.78, 5) is 40.5. The smallest absolute Gasteiger partial charge is 0.255 e. The lowest BCUT2D eigenvalue weighted by Crippen LogP contribution is -2.52. The number of benzene rings is 2. The molecule has 29 heavy (non-hydrogen) atoms. The number of amides is 3. The summed E-state index contributed by atoms with van der Waals surface area (Å²) >= 11 is 0. The minimum atomic E-state index is -0.595. The van der Waals surface area contributed by atoms with Gasteiger partial charge < -0.3 is 10.6 Å². The van der Waals surface area contributed by atoms with E-state index in [0.29, 0.717) is 31.6 Å². The second kappa shape index (κ2) is 7.67. The molecule has 0 bridgehead atoms. The van der Waals surface area contributed by atoms with Gasteiger partial charge in [-0.1, -0.05) is 36.4 Å². The summed E-state index contributed by atoms with van der Waals surface area (Å²) in [6.45, 7) is 1.65. The Hall–Kier alpha value is -3.19. The zero-order valence-electron chi connectivity index (χ0n) is 16.4. The van der Waals surface area contributed by atoms with Gasteiger partial charge in [-0.15, -0.1) is 0 Å². The van der Waals surface area contributed by atoms with E-state index in [1.807, 2.05) is 49.5 Å². The summed E-state index contributed by atoms with van der Waals surface area (Å²) in [6, 6.07) is 13.0. The number of nitrogen functional groups attached to an aromatic ring is 1. The van der Waals surface area contributed by atoms with Crippen molar-refractivity contribution in [3.05, 3.63) is 64.7 Å². The van der Waals surface area contributed by atoms with Gasteiger partial charge in [0.15, 0.2) is 0 Å². The van der Waals surface area contributed by atoms with Crippen molar-refractivity contribution in [2.75, 3.05) is 12.8 Å². The molecule has 0 aromatic heterocycles. The number of anilines is 1. The number of nitrogens with zero attached hydrogens (tertiary/aromatic N) is 2. The molecule has 0 radical (unpaired) electrons. The van der Waals surface area contributed by atoms with Crippen LogP contribution in [0.1, 0.15) is 39.9 Å². The van der Waals surface area contributed by atoms with Crippen LogP contribution in [0.4, 0.5) is 5.69 Å². The largest absolute Gasteiger partial charge is 0.398 e. The van der Waals surface area contributed by atoms with Crippen LogP contribution in [-0.2, 0) is 29.2 Å². The quantitative estimate of drug-likeness (QED) is 0.596. The normalized spacial score (nSPS) is 18.9. The number of piperidine rings is 1. The Morgan fingerprint density at radius 2 is 1.79 bits per heavy atom. The van der Waals surface area contributed by atoms with Crippen LogP contribution in [0, 0.1) is 0 Å². The molecule has 3 amide bonds. The van der Waals surface area contributed by atoms with Crippen molar-refractivity contribution in [2.45, 2.75) is 38.5 Å². The summed E-state index contributed by atoms with van der Waals surface area (Å²) in [5.74, 6) is -0.809. The third-order valence-corrected chi connectivity index (χ3v) is 5.57. The third kappa shape index (κ3) is 3.73. The predicted octanol–water partition coefficient (Wildman–Crippen LogP) is 1.66. The number of rotatable bonds is 5. The topological polar surface area (TPSA) is 95.7 Å². The minimum Gasteiger partial charge on any atom is -0.398 e. The molecule has 1 saturated heterocycles. The number of para-hydroxylation sites is 1. The predicted molar refractivity (Wildman–Crippen MR) is 109 cm³/mol. The van der Waals surface area contributed by atoms with Gasteiger partial charge in [-0.25, -0.2) is 0 Å². The van der Waals surface area contributed by atoms with E-state index >= 15 is 0 Å². The molecule has 1 atom stereocenters. The number of hydrogen-bond acceptors (Lipinski definition) is 5. The lowest BCUT2D eigenvalue weighted by molar-refractivity contribution is -0.136. The average molecular weight is 392 g/mol. The van der Waals surface area contributed by atoms with Gasteiger partial charge in [0, 0.05) is 37.3 Å². The first-order chi connectivity index (χ1) is 13.9.